The first kappa shape index (κ1) is 15.6. The van der Waals surface area contributed by atoms with Crippen LogP contribution in [0.3, 0.4) is 0 Å². The van der Waals surface area contributed by atoms with E-state index in [0.717, 1.165) is 31.4 Å². The predicted octanol–water partition coefficient (Wildman–Crippen LogP) is 1.24. The van der Waals surface area contributed by atoms with E-state index in [4.69, 9.17) is 9.15 Å². The Morgan fingerprint density at radius 3 is 3.04 bits per heavy atom. The van der Waals surface area contributed by atoms with Crippen LogP contribution in [0.15, 0.2) is 39.5 Å². The van der Waals surface area contributed by atoms with Gasteiger partial charge in [-0.15, -0.1) is 0 Å². The number of fused-ring (bicyclic) bond motifs is 1. The lowest BCUT2D eigenvalue weighted by molar-refractivity contribution is -0.132. The van der Waals surface area contributed by atoms with Crippen LogP contribution in [0, 0.1) is 5.92 Å². The summed E-state index contributed by atoms with van der Waals surface area (Å²) in [4.78, 5) is 25.3. The molecule has 3 rings (SSSR count). The van der Waals surface area contributed by atoms with Gasteiger partial charge in [-0.3, -0.25) is 4.79 Å². The Kier molecular flexibility index (Phi) is 4.62. The molecule has 122 valence electrons. The zero-order valence-electron chi connectivity index (χ0n) is 13.1. The molecule has 6 heteroatoms. The van der Waals surface area contributed by atoms with E-state index in [-0.39, 0.29) is 12.5 Å². The zero-order chi connectivity index (χ0) is 16.2. The molecule has 23 heavy (non-hydrogen) atoms. The third kappa shape index (κ3) is 3.71. The summed E-state index contributed by atoms with van der Waals surface area (Å²) in [6, 6.07) is 8.28. The number of nitrogens with zero attached hydrogens (tertiary/aromatic N) is 1. The van der Waals surface area contributed by atoms with E-state index >= 15 is 0 Å². The standard InChI is InChI=1S/C17H20N2O4/c1-18-9-12-6-7-19(10-12)16(20)11-22-14-4-2-13-3-5-17(21)23-15(13)8-14/h2-5,8,12,18H,6-7,9-11H2,1H3. The van der Waals surface area contributed by atoms with Crippen molar-refractivity contribution in [3.05, 3.63) is 40.8 Å². The molecule has 1 aliphatic rings. The lowest BCUT2D eigenvalue weighted by atomic mass is 10.1. The Bertz CT molecular complexity index is 756. The molecule has 0 aliphatic carbocycles. The minimum atomic E-state index is -0.404. The van der Waals surface area contributed by atoms with E-state index in [1.165, 1.54) is 6.07 Å². The highest BCUT2D eigenvalue weighted by molar-refractivity contribution is 5.79. The maximum Gasteiger partial charge on any atom is 0.336 e. The van der Waals surface area contributed by atoms with Gasteiger partial charge in [-0.1, -0.05) is 0 Å². The van der Waals surface area contributed by atoms with Crippen LogP contribution in [0.4, 0.5) is 0 Å². The summed E-state index contributed by atoms with van der Waals surface area (Å²) in [6.45, 7) is 2.47. The molecule has 1 atom stereocenters. The highest BCUT2D eigenvalue weighted by atomic mass is 16.5. The number of likely N-dealkylation sites (tertiary alicyclic amines) is 1. The minimum absolute atomic E-state index is 0.00511. The molecular formula is C17H20N2O4. The number of rotatable bonds is 5. The van der Waals surface area contributed by atoms with E-state index in [2.05, 4.69) is 5.32 Å². The van der Waals surface area contributed by atoms with Crippen LogP contribution >= 0.6 is 0 Å². The molecule has 6 nitrogen and oxygen atoms in total. The number of carbonyl (C=O) groups is 1. The van der Waals surface area contributed by atoms with Crippen molar-refractivity contribution >= 4 is 16.9 Å². The van der Waals surface area contributed by atoms with Gasteiger partial charge in [0.05, 0.1) is 0 Å². The fourth-order valence-corrected chi connectivity index (χ4v) is 2.88. The molecule has 1 aromatic heterocycles. The topological polar surface area (TPSA) is 71.8 Å². The predicted molar refractivity (Wildman–Crippen MR) is 86.6 cm³/mol. The molecule has 1 aromatic carbocycles. The maximum absolute atomic E-state index is 12.2. The van der Waals surface area contributed by atoms with Crippen molar-refractivity contribution < 1.29 is 13.9 Å². The van der Waals surface area contributed by atoms with Gasteiger partial charge in [0.15, 0.2) is 6.61 Å². The minimum Gasteiger partial charge on any atom is -0.484 e. The molecule has 1 aliphatic heterocycles. The Morgan fingerprint density at radius 2 is 2.22 bits per heavy atom. The number of benzene rings is 1. The second-order valence-electron chi connectivity index (χ2n) is 5.79. The zero-order valence-corrected chi connectivity index (χ0v) is 13.1. The van der Waals surface area contributed by atoms with Crippen molar-refractivity contribution in [1.82, 2.24) is 10.2 Å². The largest absolute Gasteiger partial charge is 0.484 e. The van der Waals surface area contributed by atoms with Gasteiger partial charge >= 0.3 is 5.63 Å². The molecule has 0 saturated carbocycles. The van der Waals surface area contributed by atoms with Crippen LogP contribution in [-0.4, -0.2) is 44.1 Å². The van der Waals surface area contributed by atoms with Gasteiger partial charge in [-0.2, -0.15) is 0 Å². The van der Waals surface area contributed by atoms with Gasteiger partial charge in [0.25, 0.3) is 5.91 Å². The van der Waals surface area contributed by atoms with E-state index < -0.39 is 5.63 Å². The van der Waals surface area contributed by atoms with E-state index in [0.29, 0.717) is 17.3 Å². The van der Waals surface area contributed by atoms with Crippen molar-refractivity contribution in [3.8, 4) is 5.75 Å². The number of ether oxygens (including phenoxy) is 1. The van der Waals surface area contributed by atoms with Crippen LogP contribution < -0.4 is 15.7 Å². The molecule has 0 spiro atoms. The Hall–Kier alpha value is -2.34. The van der Waals surface area contributed by atoms with Gasteiger partial charge < -0.3 is 19.4 Å². The lowest BCUT2D eigenvalue weighted by Gasteiger charge is -2.17. The molecule has 1 fully saturated rings. The molecular weight excluding hydrogens is 296 g/mol. The maximum atomic E-state index is 12.2. The van der Waals surface area contributed by atoms with E-state index in [9.17, 15) is 9.59 Å². The van der Waals surface area contributed by atoms with Gasteiger partial charge in [-0.05, 0) is 44.1 Å². The van der Waals surface area contributed by atoms with Crippen molar-refractivity contribution in [2.24, 2.45) is 5.92 Å². The second kappa shape index (κ2) is 6.83. The van der Waals surface area contributed by atoms with Gasteiger partial charge in [0, 0.05) is 30.6 Å². The molecule has 0 bridgehead atoms. The Labute approximate surface area is 134 Å². The van der Waals surface area contributed by atoms with Crippen molar-refractivity contribution in [1.29, 1.82) is 0 Å². The van der Waals surface area contributed by atoms with Crippen molar-refractivity contribution in [3.63, 3.8) is 0 Å². The van der Waals surface area contributed by atoms with Crippen LogP contribution in [-0.2, 0) is 4.79 Å². The van der Waals surface area contributed by atoms with Crippen LogP contribution in [0.2, 0.25) is 0 Å². The monoisotopic (exact) mass is 316 g/mol. The van der Waals surface area contributed by atoms with Crippen molar-refractivity contribution in [2.45, 2.75) is 6.42 Å². The third-order valence-electron chi connectivity index (χ3n) is 4.09. The summed E-state index contributed by atoms with van der Waals surface area (Å²) in [5, 5.41) is 3.96. The summed E-state index contributed by atoms with van der Waals surface area (Å²) < 4.78 is 10.7. The average molecular weight is 316 g/mol. The van der Waals surface area contributed by atoms with Gasteiger partial charge in [0.2, 0.25) is 0 Å². The molecule has 1 N–H and O–H groups in total. The number of hydrogen-bond acceptors (Lipinski definition) is 5. The highest BCUT2D eigenvalue weighted by Gasteiger charge is 2.25. The first-order chi connectivity index (χ1) is 11.2. The number of nitrogens with one attached hydrogen (secondary N) is 1. The number of hydrogen-bond donors (Lipinski definition) is 1. The Morgan fingerprint density at radius 1 is 1.39 bits per heavy atom. The summed E-state index contributed by atoms with van der Waals surface area (Å²) in [5.41, 5.74) is 0.0519. The smallest absolute Gasteiger partial charge is 0.336 e. The van der Waals surface area contributed by atoms with Gasteiger partial charge in [-0.25, -0.2) is 4.79 Å². The molecule has 2 heterocycles. The highest BCUT2D eigenvalue weighted by Crippen LogP contribution is 2.20. The molecule has 1 amide bonds. The number of amides is 1. The summed E-state index contributed by atoms with van der Waals surface area (Å²) in [6.07, 6.45) is 1.02. The fraction of sp³-hybridized carbons (Fsp3) is 0.412. The second-order valence-corrected chi connectivity index (χ2v) is 5.79. The third-order valence-corrected chi connectivity index (χ3v) is 4.09. The average Bonchev–Trinajstić information content (AvgIpc) is 3.01. The normalized spacial score (nSPS) is 17.6. The quantitative estimate of drug-likeness (QED) is 0.840. The summed E-state index contributed by atoms with van der Waals surface area (Å²) in [5.74, 6) is 1.02. The molecule has 2 aromatic rings. The lowest BCUT2D eigenvalue weighted by Crippen LogP contribution is -2.34. The number of carbonyl (C=O) groups excluding carboxylic acids is 1. The van der Waals surface area contributed by atoms with E-state index in [1.807, 2.05) is 11.9 Å². The Balaban J connectivity index is 1.60. The van der Waals surface area contributed by atoms with Crippen LogP contribution in [0.25, 0.3) is 11.0 Å². The van der Waals surface area contributed by atoms with Crippen LogP contribution in [0.1, 0.15) is 6.42 Å². The molecule has 1 unspecified atom stereocenters. The van der Waals surface area contributed by atoms with Crippen LogP contribution in [0.5, 0.6) is 5.75 Å². The first-order valence-corrected chi connectivity index (χ1v) is 7.75. The summed E-state index contributed by atoms with van der Waals surface area (Å²) >= 11 is 0. The molecule has 1 saturated heterocycles. The SMILES string of the molecule is CNCC1CCN(C(=O)COc2ccc3ccc(=O)oc3c2)C1. The van der Waals surface area contributed by atoms with E-state index in [1.54, 1.807) is 24.3 Å². The summed E-state index contributed by atoms with van der Waals surface area (Å²) in [7, 11) is 1.92. The first-order valence-electron chi connectivity index (χ1n) is 7.75. The fourth-order valence-electron chi connectivity index (χ4n) is 2.88. The van der Waals surface area contributed by atoms with Gasteiger partial charge in [0.1, 0.15) is 11.3 Å². The molecule has 0 radical (unpaired) electrons. The van der Waals surface area contributed by atoms with Crippen molar-refractivity contribution in [2.75, 3.05) is 33.3 Å².